The Balaban J connectivity index is 1.70. The molecule has 0 aliphatic carbocycles. The molecule has 1 heterocycles. The molecule has 0 bridgehead atoms. The smallest absolute Gasteiger partial charge is 0.292 e. The minimum absolute atomic E-state index is 0.0581. The summed E-state index contributed by atoms with van der Waals surface area (Å²) in [6, 6.07) is 14.5. The second-order valence-corrected chi connectivity index (χ2v) is 5.82. The van der Waals surface area contributed by atoms with Crippen molar-refractivity contribution in [3.8, 4) is 0 Å². The van der Waals surface area contributed by atoms with E-state index in [0.29, 0.717) is 11.3 Å². The summed E-state index contributed by atoms with van der Waals surface area (Å²) in [6.45, 7) is 4.57. The van der Waals surface area contributed by atoms with Gasteiger partial charge in [-0.1, -0.05) is 12.1 Å². The molecule has 0 aromatic heterocycles. The number of nitrogens with zero attached hydrogens (tertiary/aromatic N) is 3. The van der Waals surface area contributed by atoms with Crippen molar-refractivity contribution in [3.63, 3.8) is 0 Å². The number of rotatable bonds is 4. The largest absolute Gasteiger partial charge is 0.368 e. The fourth-order valence-corrected chi connectivity index (χ4v) is 3.00. The molecule has 1 aliphatic rings. The molecule has 1 aliphatic heterocycles. The van der Waals surface area contributed by atoms with Crippen LogP contribution in [0.5, 0.6) is 0 Å². The van der Waals surface area contributed by atoms with Crippen LogP contribution in [-0.4, -0.2) is 36.9 Å². The number of carbonyl (C=O) groups is 1. The molecule has 24 heavy (non-hydrogen) atoms. The average Bonchev–Trinajstić information content (AvgIpc) is 2.62. The number of nitro benzene ring substituents is 1. The monoisotopic (exact) mass is 325 g/mol. The van der Waals surface area contributed by atoms with E-state index in [9.17, 15) is 14.9 Å². The first kappa shape index (κ1) is 16.0. The molecule has 6 heteroatoms. The summed E-state index contributed by atoms with van der Waals surface area (Å²) < 4.78 is 0. The Morgan fingerprint density at radius 3 is 2.12 bits per heavy atom. The standard InChI is InChI=1S/C18H19N3O3/c1-14(22)15-6-8-16(9-7-15)19-10-12-20(13-11-19)17-4-2-3-5-18(17)21(23)24/h2-9H,10-13H2,1H3. The van der Waals surface area contributed by atoms with Crippen molar-refractivity contribution in [2.45, 2.75) is 6.92 Å². The molecule has 0 radical (unpaired) electrons. The Bertz CT molecular complexity index is 750. The normalized spacial score (nSPS) is 14.5. The minimum atomic E-state index is -0.331. The molecule has 2 aromatic rings. The first-order valence-electron chi connectivity index (χ1n) is 7.90. The third-order valence-electron chi connectivity index (χ3n) is 4.34. The molecule has 0 unspecified atom stereocenters. The zero-order valence-electron chi connectivity index (χ0n) is 13.5. The van der Waals surface area contributed by atoms with Gasteiger partial charge in [-0.25, -0.2) is 0 Å². The number of nitro groups is 1. The van der Waals surface area contributed by atoms with Gasteiger partial charge in [-0.05, 0) is 37.3 Å². The highest BCUT2D eigenvalue weighted by Crippen LogP contribution is 2.29. The number of anilines is 2. The Kier molecular flexibility index (Phi) is 4.46. The maximum Gasteiger partial charge on any atom is 0.292 e. The first-order valence-corrected chi connectivity index (χ1v) is 7.90. The predicted molar refractivity (Wildman–Crippen MR) is 94.0 cm³/mol. The average molecular weight is 325 g/mol. The predicted octanol–water partition coefficient (Wildman–Crippen LogP) is 3.12. The van der Waals surface area contributed by atoms with E-state index < -0.39 is 0 Å². The van der Waals surface area contributed by atoms with Gasteiger partial charge in [-0.3, -0.25) is 14.9 Å². The highest BCUT2D eigenvalue weighted by atomic mass is 16.6. The molecule has 0 amide bonds. The summed E-state index contributed by atoms with van der Waals surface area (Å²) in [4.78, 5) is 26.5. The number of hydrogen-bond donors (Lipinski definition) is 0. The van der Waals surface area contributed by atoms with Gasteiger partial charge >= 0.3 is 0 Å². The van der Waals surface area contributed by atoms with E-state index in [4.69, 9.17) is 0 Å². The van der Waals surface area contributed by atoms with Crippen LogP contribution in [0.2, 0.25) is 0 Å². The van der Waals surface area contributed by atoms with Gasteiger partial charge in [0.1, 0.15) is 5.69 Å². The SMILES string of the molecule is CC(=O)c1ccc(N2CCN(c3ccccc3[N+](=O)[O-])CC2)cc1. The Morgan fingerprint density at radius 1 is 0.958 bits per heavy atom. The van der Waals surface area contributed by atoms with Gasteiger partial charge in [0.15, 0.2) is 5.78 Å². The van der Waals surface area contributed by atoms with Crippen LogP contribution in [0.15, 0.2) is 48.5 Å². The fourth-order valence-electron chi connectivity index (χ4n) is 3.00. The molecule has 0 N–H and O–H groups in total. The van der Waals surface area contributed by atoms with Crippen molar-refractivity contribution < 1.29 is 9.72 Å². The van der Waals surface area contributed by atoms with Crippen LogP contribution in [0.1, 0.15) is 17.3 Å². The summed E-state index contributed by atoms with van der Waals surface area (Å²) in [5, 5.41) is 11.2. The van der Waals surface area contributed by atoms with Gasteiger partial charge < -0.3 is 9.80 Å². The van der Waals surface area contributed by atoms with Crippen molar-refractivity contribution in [1.82, 2.24) is 0 Å². The van der Waals surface area contributed by atoms with E-state index in [2.05, 4.69) is 9.80 Å². The maximum absolute atomic E-state index is 11.3. The van der Waals surface area contributed by atoms with E-state index in [1.807, 2.05) is 30.3 Å². The minimum Gasteiger partial charge on any atom is -0.368 e. The summed E-state index contributed by atoms with van der Waals surface area (Å²) >= 11 is 0. The van der Waals surface area contributed by atoms with Gasteiger partial charge in [-0.15, -0.1) is 0 Å². The second-order valence-electron chi connectivity index (χ2n) is 5.82. The number of piperazine rings is 1. The number of hydrogen-bond acceptors (Lipinski definition) is 5. The van der Waals surface area contributed by atoms with Crippen molar-refractivity contribution >= 4 is 22.8 Å². The molecule has 1 saturated heterocycles. The Labute approximate surface area is 140 Å². The van der Waals surface area contributed by atoms with Crippen LogP contribution in [0.3, 0.4) is 0 Å². The Hall–Kier alpha value is -2.89. The van der Waals surface area contributed by atoms with E-state index in [0.717, 1.165) is 31.9 Å². The van der Waals surface area contributed by atoms with Crippen LogP contribution in [-0.2, 0) is 0 Å². The van der Waals surface area contributed by atoms with Crippen LogP contribution in [0.4, 0.5) is 17.1 Å². The molecule has 1 fully saturated rings. The second kappa shape index (κ2) is 6.70. The van der Waals surface area contributed by atoms with Crippen LogP contribution >= 0.6 is 0 Å². The highest BCUT2D eigenvalue weighted by Gasteiger charge is 2.23. The van der Waals surface area contributed by atoms with E-state index >= 15 is 0 Å². The number of para-hydroxylation sites is 2. The highest BCUT2D eigenvalue weighted by molar-refractivity contribution is 5.94. The third-order valence-corrected chi connectivity index (χ3v) is 4.34. The van der Waals surface area contributed by atoms with Crippen molar-refractivity contribution in [2.75, 3.05) is 36.0 Å². The van der Waals surface area contributed by atoms with Crippen LogP contribution in [0, 0.1) is 10.1 Å². The van der Waals surface area contributed by atoms with Gasteiger partial charge in [-0.2, -0.15) is 0 Å². The fraction of sp³-hybridized carbons (Fsp3) is 0.278. The van der Waals surface area contributed by atoms with Crippen LogP contribution < -0.4 is 9.80 Å². The molecule has 124 valence electrons. The Morgan fingerprint density at radius 2 is 1.54 bits per heavy atom. The van der Waals surface area contributed by atoms with Gasteiger partial charge in [0, 0.05) is 43.5 Å². The van der Waals surface area contributed by atoms with Crippen LogP contribution in [0.25, 0.3) is 0 Å². The van der Waals surface area contributed by atoms with Gasteiger partial charge in [0.2, 0.25) is 0 Å². The van der Waals surface area contributed by atoms with Crippen molar-refractivity contribution in [3.05, 3.63) is 64.2 Å². The van der Waals surface area contributed by atoms with Crippen molar-refractivity contribution in [2.24, 2.45) is 0 Å². The van der Waals surface area contributed by atoms with Gasteiger partial charge in [0.25, 0.3) is 5.69 Å². The summed E-state index contributed by atoms with van der Waals surface area (Å²) in [5.74, 6) is 0.0581. The molecular formula is C18H19N3O3. The maximum atomic E-state index is 11.3. The number of ketones is 1. The number of Topliss-reactive ketones (excluding diaryl/α,β-unsaturated/α-hetero) is 1. The number of carbonyl (C=O) groups excluding carboxylic acids is 1. The first-order chi connectivity index (χ1) is 11.6. The van der Waals surface area contributed by atoms with E-state index in [1.165, 1.54) is 0 Å². The molecule has 0 atom stereocenters. The van der Waals surface area contributed by atoms with Gasteiger partial charge in [0.05, 0.1) is 4.92 Å². The molecule has 0 spiro atoms. The summed E-state index contributed by atoms with van der Waals surface area (Å²) in [5.41, 5.74) is 2.60. The zero-order chi connectivity index (χ0) is 17.1. The molecule has 3 rings (SSSR count). The zero-order valence-corrected chi connectivity index (χ0v) is 13.5. The van der Waals surface area contributed by atoms with E-state index in [1.54, 1.807) is 25.1 Å². The summed E-state index contributed by atoms with van der Waals surface area (Å²) in [7, 11) is 0. The van der Waals surface area contributed by atoms with Crippen molar-refractivity contribution in [1.29, 1.82) is 0 Å². The quantitative estimate of drug-likeness (QED) is 0.491. The third kappa shape index (κ3) is 3.22. The number of benzene rings is 2. The lowest BCUT2D eigenvalue weighted by atomic mass is 10.1. The summed E-state index contributed by atoms with van der Waals surface area (Å²) in [6.07, 6.45) is 0. The molecule has 0 saturated carbocycles. The topological polar surface area (TPSA) is 66.7 Å². The molecular weight excluding hydrogens is 306 g/mol. The lowest BCUT2D eigenvalue weighted by Crippen LogP contribution is -2.46. The lowest BCUT2D eigenvalue weighted by Gasteiger charge is -2.37. The van der Waals surface area contributed by atoms with E-state index in [-0.39, 0.29) is 16.4 Å². The lowest BCUT2D eigenvalue weighted by molar-refractivity contribution is -0.384. The molecule has 2 aromatic carbocycles. The molecule has 6 nitrogen and oxygen atoms in total.